The second-order valence-electron chi connectivity index (χ2n) is 4.41. The SMILES string of the molecule is CN(C1CCC1)S(=O)(=O)c1cccc(CO)c1. The van der Waals surface area contributed by atoms with E-state index in [4.69, 9.17) is 5.11 Å². The summed E-state index contributed by atoms with van der Waals surface area (Å²) in [5, 5.41) is 9.02. The van der Waals surface area contributed by atoms with E-state index in [-0.39, 0.29) is 17.5 Å². The number of rotatable bonds is 4. The molecule has 5 heteroatoms. The summed E-state index contributed by atoms with van der Waals surface area (Å²) >= 11 is 0. The Labute approximate surface area is 102 Å². The average Bonchev–Trinajstić information content (AvgIpc) is 2.26. The molecule has 1 aliphatic carbocycles. The van der Waals surface area contributed by atoms with Gasteiger partial charge in [0, 0.05) is 13.1 Å². The lowest BCUT2D eigenvalue weighted by molar-refractivity contribution is 0.249. The maximum atomic E-state index is 12.3. The van der Waals surface area contributed by atoms with Gasteiger partial charge in [-0.25, -0.2) is 8.42 Å². The molecule has 0 bridgehead atoms. The first-order chi connectivity index (χ1) is 8.05. The van der Waals surface area contributed by atoms with Crippen LogP contribution >= 0.6 is 0 Å². The van der Waals surface area contributed by atoms with Crippen molar-refractivity contribution in [1.82, 2.24) is 4.31 Å². The molecule has 1 aromatic rings. The fourth-order valence-corrected chi connectivity index (χ4v) is 3.40. The molecule has 0 amide bonds. The topological polar surface area (TPSA) is 57.6 Å². The predicted molar refractivity (Wildman–Crippen MR) is 65.0 cm³/mol. The van der Waals surface area contributed by atoms with E-state index in [0.29, 0.717) is 5.56 Å². The van der Waals surface area contributed by atoms with Crippen molar-refractivity contribution in [1.29, 1.82) is 0 Å². The Morgan fingerprint density at radius 1 is 1.41 bits per heavy atom. The third kappa shape index (κ3) is 2.36. The second kappa shape index (κ2) is 4.76. The molecular formula is C12H17NO3S. The number of hydrogen-bond acceptors (Lipinski definition) is 3. The van der Waals surface area contributed by atoms with Gasteiger partial charge in [-0.05, 0) is 30.5 Å². The number of nitrogens with zero attached hydrogens (tertiary/aromatic N) is 1. The van der Waals surface area contributed by atoms with E-state index in [1.807, 2.05) is 0 Å². The molecule has 0 aromatic heterocycles. The van der Waals surface area contributed by atoms with Crippen LogP contribution in [-0.2, 0) is 16.6 Å². The van der Waals surface area contributed by atoms with E-state index in [1.54, 1.807) is 25.2 Å². The molecule has 94 valence electrons. The summed E-state index contributed by atoms with van der Waals surface area (Å²) in [5.74, 6) is 0. The van der Waals surface area contributed by atoms with E-state index < -0.39 is 10.0 Å². The van der Waals surface area contributed by atoms with Crippen LogP contribution in [0.15, 0.2) is 29.2 Å². The van der Waals surface area contributed by atoms with E-state index in [1.165, 1.54) is 10.4 Å². The Morgan fingerprint density at radius 2 is 2.12 bits per heavy atom. The van der Waals surface area contributed by atoms with Crippen LogP contribution < -0.4 is 0 Å². The van der Waals surface area contributed by atoms with Crippen molar-refractivity contribution in [2.24, 2.45) is 0 Å². The molecular weight excluding hydrogens is 238 g/mol. The summed E-state index contributed by atoms with van der Waals surface area (Å²) in [6, 6.07) is 6.61. The molecule has 0 unspecified atom stereocenters. The summed E-state index contributed by atoms with van der Waals surface area (Å²) in [7, 11) is -1.78. The van der Waals surface area contributed by atoms with Gasteiger partial charge in [-0.1, -0.05) is 18.6 Å². The molecule has 0 spiro atoms. The third-order valence-electron chi connectivity index (χ3n) is 3.35. The fourth-order valence-electron chi connectivity index (χ4n) is 1.92. The largest absolute Gasteiger partial charge is 0.392 e. The standard InChI is InChI=1S/C12H17NO3S/c1-13(11-5-3-6-11)17(15,16)12-7-2-4-10(8-12)9-14/h2,4,7-8,11,14H,3,5-6,9H2,1H3. The van der Waals surface area contributed by atoms with Gasteiger partial charge >= 0.3 is 0 Å². The smallest absolute Gasteiger partial charge is 0.243 e. The molecule has 1 N–H and O–H groups in total. The van der Waals surface area contributed by atoms with Crippen molar-refractivity contribution < 1.29 is 13.5 Å². The van der Waals surface area contributed by atoms with Gasteiger partial charge in [-0.15, -0.1) is 0 Å². The van der Waals surface area contributed by atoms with E-state index >= 15 is 0 Å². The number of hydrogen-bond donors (Lipinski definition) is 1. The van der Waals surface area contributed by atoms with Crippen molar-refractivity contribution >= 4 is 10.0 Å². The molecule has 0 atom stereocenters. The summed E-state index contributed by atoms with van der Waals surface area (Å²) in [5.41, 5.74) is 0.619. The lowest BCUT2D eigenvalue weighted by Crippen LogP contribution is -2.41. The van der Waals surface area contributed by atoms with Crippen LogP contribution in [0.5, 0.6) is 0 Å². The van der Waals surface area contributed by atoms with Crippen LogP contribution in [0.4, 0.5) is 0 Å². The first-order valence-electron chi connectivity index (χ1n) is 5.73. The molecule has 1 saturated carbocycles. The lowest BCUT2D eigenvalue weighted by atomic mass is 9.94. The van der Waals surface area contributed by atoms with Gasteiger partial charge in [0.05, 0.1) is 11.5 Å². The Bertz CT molecular complexity index is 494. The Kier molecular flexibility index (Phi) is 3.51. The molecule has 0 radical (unpaired) electrons. The van der Waals surface area contributed by atoms with Crippen LogP contribution in [0.1, 0.15) is 24.8 Å². The van der Waals surface area contributed by atoms with Crippen molar-refractivity contribution in [3.8, 4) is 0 Å². The Balaban J connectivity index is 2.29. The fraction of sp³-hybridized carbons (Fsp3) is 0.500. The average molecular weight is 255 g/mol. The van der Waals surface area contributed by atoms with Gasteiger partial charge in [0.25, 0.3) is 0 Å². The number of aliphatic hydroxyl groups is 1. The van der Waals surface area contributed by atoms with Crippen LogP contribution in [0.2, 0.25) is 0 Å². The minimum absolute atomic E-state index is 0.137. The second-order valence-corrected chi connectivity index (χ2v) is 6.41. The first kappa shape index (κ1) is 12.5. The van der Waals surface area contributed by atoms with E-state index in [9.17, 15) is 8.42 Å². The Hall–Kier alpha value is -0.910. The maximum Gasteiger partial charge on any atom is 0.243 e. The molecule has 1 fully saturated rings. The highest BCUT2D eigenvalue weighted by Gasteiger charge is 2.31. The highest BCUT2D eigenvalue weighted by atomic mass is 32.2. The summed E-state index contributed by atoms with van der Waals surface area (Å²) in [6.07, 6.45) is 2.98. The summed E-state index contributed by atoms with van der Waals surface area (Å²) < 4.78 is 26.0. The zero-order valence-electron chi connectivity index (χ0n) is 9.83. The quantitative estimate of drug-likeness (QED) is 0.883. The minimum atomic E-state index is -3.41. The monoisotopic (exact) mass is 255 g/mol. The van der Waals surface area contributed by atoms with Gasteiger partial charge in [0.15, 0.2) is 0 Å². The van der Waals surface area contributed by atoms with Crippen molar-refractivity contribution in [2.75, 3.05) is 7.05 Å². The zero-order valence-corrected chi connectivity index (χ0v) is 10.7. The highest BCUT2D eigenvalue weighted by Crippen LogP contribution is 2.28. The number of aliphatic hydroxyl groups excluding tert-OH is 1. The Morgan fingerprint density at radius 3 is 2.65 bits per heavy atom. The van der Waals surface area contributed by atoms with Gasteiger partial charge in [-0.2, -0.15) is 4.31 Å². The van der Waals surface area contributed by atoms with Crippen molar-refractivity contribution in [3.05, 3.63) is 29.8 Å². The van der Waals surface area contributed by atoms with Crippen molar-refractivity contribution in [3.63, 3.8) is 0 Å². The maximum absolute atomic E-state index is 12.3. The molecule has 17 heavy (non-hydrogen) atoms. The van der Waals surface area contributed by atoms with Crippen LogP contribution in [0, 0.1) is 0 Å². The summed E-state index contributed by atoms with van der Waals surface area (Å²) in [4.78, 5) is 0.262. The molecule has 2 rings (SSSR count). The van der Waals surface area contributed by atoms with Crippen LogP contribution in [-0.4, -0.2) is 30.9 Å². The van der Waals surface area contributed by atoms with Gasteiger partial charge in [0.2, 0.25) is 10.0 Å². The minimum Gasteiger partial charge on any atom is -0.392 e. The number of sulfonamides is 1. The molecule has 0 heterocycles. The molecule has 0 aliphatic heterocycles. The highest BCUT2D eigenvalue weighted by molar-refractivity contribution is 7.89. The third-order valence-corrected chi connectivity index (χ3v) is 5.25. The van der Waals surface area contributed by atoms with Gasteiger partial charge in [-0.3, -0.25) is 0 Å². The normalized spacial score (nSPS) is 17.1. The van der Waals surface area contributed by atoms with E-state index in [2.05, 4.69) is 0 Å². The lowest BCUT2D eigenvalue weighted by Gasteiger charge is -2.33. The van der Waals surface area contributed by atoms with Crippen LogP contribution in [0.25, 0.3) is 0 Å². The predicted octanol–water partition coefficient (Wildman–Crippen LogP) is 1.35. The number of benzene rings is 1. The molecule has 1 aliphatic rings. The molecule has 4 nitrogen and oxygen atoms in total. The van der Waals surface area contributed by atoms with Crippen LogP contribution in [0.3, 0.4) is 0 Å². The van der Waals surface area contributed by atoms with Gasteiger partial charge < -0.3 is 5.11 Å². The van der Waals surface area contributed by atoms with E-state index in [0.717, 1.165) is 19.3 Å². The molecule has 0 saturated heterocycles. The summed E-state index contributed by atoms with van der Waals surface area (Å²) in [6.45, 7) is -0.142. The van der Waals surface area contributed by atoms with Gasteiger partial charge in [0.1, 0.15) is 0 Å². The molecule has 1 aromatic carbocycles. The van der Waals surface area contributed by atoms with Crippen molar-refractivity contribution in [2.45, 2.75) is 36.8 Å². The zero-order chi connectivity index (χ0) is 12.5. The first-order valence-corrected chi connectivity index (χ1v) is 7.17.